The fourth-order valence-electron chi connectivity index (χ4n) is 0.0987. The van der Waals surface area contributed by atoms with E-state index in [2.05, 4.69) is 8.37 Å². The maximum Gasteiger partial charge on any atom is 0.358 e. The van der Waals surface area contributed by atoms with Gasteiger partial charge in [-0.05, 0) is 0 Å². The van der Waals surface area contributed by atoms with Crippen LogP contribution in [0.3, 0.4) is 0 Å². The van der Waals surface area contributed by atoms with Crippen molar-refractivity contribution in [2.45, 2.75) is 6.61 Å². The third kappa shape index (κ3) is 4.10. The summed E-state index contributed by atoms with van der Waals surface area (Å²) in [6, 6.07) is 0. The molecule has 0 aliphatic carbocycles. The van der Waals surface area contributed by atoms with Crippen molar-refractivity contribution in [2.75, 3.05) is 7.11 Å². The van der Waals surface area contributed by atoms with Crippen LogP contribution in [0.15, 0.2) is 0 Å². The van der Waals surface area contributed by atoms with Gasteiger partial charge in [0.1, 0.15) is 0 Å². The van der Waals surface area contributed by atoms with Crippen LogP contribution in [-0.4, -0.2) is 17.9 Å². The van der Waals surface area contributed by atoms with Gasteiger partial charge in [-0.2, -0.15) is 13.0 Å². The highest BCUT2D eigenvalue weighted by Crippen LogP contribution is 1.97. The largest absolute Gasteiger partial charge is 0.358 e. The first kappa shape index (κ1) is 7.93. The number of hydrogen-bond donors (Lipinski definition) is 0. The van der Waals surface area contributed by atoms with Gasteiger partial charge in [-0.3, -0.25) is 4.18 Å². The number of halogens is 2. The minimum absolute atomic E-state index is 0.999. The summed E-state index contributed by atoms with van der Waals surface area (Å²) in [5, 5.41) is 0. The Labute approximate surface area is 47.5 Å². The van der Waals surface area contributed by atoms with Crippen molar-refractivity contribution in [3.63, 3.8) is 0 Å². The van der Waals surface area contributed by atoms with Crippen LogP contribution in [0.2, 0.25) is 0 Å². The summed E-state index contributed by atoms with van der Waals surface area (Å²) in [5.41, 5.74) is 0. The SMILES string of the molecule is COS(=O)OC(F)F. The number of hydrogen-bond acceptors (Lipinski definition) is 3. The van der Waals surface area contributed by atoms with E-state index in [1.54, 1.807) is 0 Å². The average Bonchev–Trinajstić information content (AvgIpc) is 1.65. The third-order valence-electron chi connectivity index (χ3n) is 0.287. The van der Waals surface area contributed by atoms with Gasteiger partial charge >= 0.3 is 18.0 Å². The molecule has 0 aliphatic heterocycles. The molecule has 0 bridgehead atoms. The average molecular weight is 146 g/mol. The van der Waals surface area contributed by atoms with Crippen LogP contribution >= 0.6 is 0 Å². The first-order valence-corrected chi connectivity index (χ1v) is 2.58. The topological polar surface area (TPSA) is 35.5 Å². The molecule has 0 aliphatic rings. The quantitative estimate of drug-likeness (QED) is 0.579. The van der Waals surface area contributed by atoms with Gasteiger partial charge in [-0.25, -0.2) is 4.18 Å². The van der Waals surface area contributed by atoms with Crippen LogP contribution in [0.25, 0.3) is 0 Å². The van der Waals surface area contributed by atoms with E-state index in [4.69, 9.17) is 0 Å². The van der Waals surface area contributed by atoms with Crippen molar-refractivity contribution in [2.24, 2.45) is 0 Å². The molecular weight excluding hydrogens is 142 g/mol. The molecule has 0 saturated heterocycles. The summed E-state index contributed by atoms with van der Waals surface area (Å²) in [6.45, 7) is -3.05. The molecule has 1 unspecified atom stereocenters. The van der Waals surface area contributed by atoms with Gasteiger partial charge in [0.25, 0.3) is 0 Å². The second-order valence-electron chi connectivity index (χ2n) is 0.728. The third-order valence-corrected chi connectivity index (χ3v) is 0.862. The molecule has 0 spiro atoms. The molecule has 0 rings (SSSR count). The predicted molar refractivity (Wildman–Crippen MR) is 22.2 cm³/mol. The van der Waals surface area contributed by atoms with Crippen LogP contribution in [0.5, 0.6) is 0 Å². The highest BCUT2D eigenvalue weighted by Gasteiger charge is 2.06. The van der Waals surface area contributed by atoms with E-state index < -0.39 is 18.0 Å². The Balaban J connectivity index is 3.25. The van der Waals surface area contributed by atoms with Crippen molar-refractivity contribution in [3.8, 4) is 0 Å². The first-order chi connectivity index (χ1) is 3.66. The molecule has 6 heteroatoms. The maximum atomic E-state index is 11.0. The molecule has 0 heterocycles. The van der Waals surface area contributed by atoms with Gasteiger partial charge in [0.05, 0.1) is 7.11 Å². The molecule has 0 N–H and O–H groups in total. The molecule has 50 valence electrons. The molecule has 0 aromatic carbocycles. The summed E-state index contributed by atoms with van der Waals surface area (Å²) < 4.78 is 38.9. The number of alkyl halides is 2. The second kappa shape index (κ2) is 3.88. The van der Waals surface area contributed by atoms with E-state index in [1.807, 2.05) is 0 Å². The molecule has 0 radical (unpaired) electrons. The van der Waals surface area contributed by atoms with Crippen LogP contribution in [0.4, 0.5) is 8.78 Å². The van der Waals surface area contributed by atoms with Gasteiger partial charge in [0, 0.05) is 0 Å². The Kier molecular flexibility index (Phi) is 3.84. The van der Waals surface area contributed by atoms with E-state index >= 15 is 0 Å². The van der Waals surface area contributed by atoms with Crippen molar-refractivity contribution < 1.29 is 21.4 Å². The van der Waals surface area contributed by atoms with E-state index in [0.29, 0.717) is 0 Å². The zero-order chi connectivity index (χ0) is 6.57. The molecule has 0 fully saturated rings. The highest BCUT2D eigenvalue weighted by atomic mass is 32.2. The minimum Gasteiger partial charge on any atom is -0.272 e. The minimum atomic E-state index is -3.05. The lowest BCUT2D eigenvalue weighted by atomic mass is 11.5. The Hall–Kier alpha value is -0.0700. The standard InChI is InChI=1S/C2H4F2O3S/c1-6-8(5)7-2(3)4/h2H,1H3. The highest BCUT2D eigenvalue weighted by molar-refractivity contribution is 7.75. The summed E-state index contributed by atoms with van der Waals surface area (Å²) >= 11 is -2.31. The Bertz CT molecular complexity index is 85.4. The monoisotopic (exact) mass is 146 g/mol. The van der Waals surface area contributed by atoms with Gasteiger partial charge < -0.3 is 0 Å². The zero-order valence-electron chi connectivity index (χ0n) is 3.97. The van der Waals surface area contributed by atoms with Gasteiger partial charge in [0.2, 0.25) is 0 Å². The molecule has 0 amide bonds. The normalized spacial score (nSPS) is 14.5. The summed E-state index contributed by atoms with van der Waals surface area (Å²) in [5.74, 6) is 0. The lowest BCUT2D eigenvalue weighted by Crippen LogP contribution is -2.03. The van der Waals surface area contributed by atoms with Gasteiger partial charge in [-0.15, -0.1) is 0 Å². The summed E-state index contributed by atoms with van der Waals surface area (Å²) in [4.78, 5) is 0. The van der Waals surface area contributed by atoms with Gasteiger partial charge in [-0.1, -0.05) is 0 Å². The van der Waals surface area contributed by atoms with E-state index in [0.717, 1.165) is 7.11 Å². The van der Waals surface area contributed by atoms with Crippen molar-refractivity contribution in [1.29, 1.82) is 0 Å². The van der Waals surface area contributed by atoms with Crippen molar-refractivity contribution in [1.82, 2.24) is 0 Å². The molecular formula is C2H4F2O3S. The molecule has 1 atom stereocenters. The Morgan fingerprint density at radius 3 is 2.25 bits per heavy atom. The van der Waals surface area contributed by atoms with Crippen LogP contribution in [-0.2, 0) is 19.7 Å². The van der Waals surface area contributed by atoms with Crippen molar-refractivity contribution >= 4 is 11.4 Å². The number of rotatable bonds is 3. The Morgan fingerprint density at radius 1 is 1.62 bits per heavy atom. The molecule has 0 aromatic heterocycles. The van der Waals surface area contributed by atoms with Crippen LogP contribution < -0.4 is 0 Å². The fraction of sp³-hybridized carbons (Fsp3) is 1.00. The molecule has 3 nitrogen and oxygen atoms in total. The molecule has 8 heavy (non-hydrogen) atoms. The maximum absolute atomic E-state index is 11.0. The zero-order valence-corrected chi connectivity index (χ0v) is 4.78. The van der Waals surface area contributed by atoms with Crippen molar-refractivity contribution in [3.05, 3.63) is 0 Å². The lowest BCUT2D eigenvalue weighted by Gasteiger charge is -1.95. The second-order valence-corrected chi connectivity index (χ2v) is 1.66. The first-order valence-electron chi connectivity index (χ1n) is 1.58. The van der Waals surface area contributed by atoms with E-state index in [-0.39, 0.29) is 0 Å². The van der Waals surface area contributed by atoms with Crippen LogP contribution in [0.1, 0.15) is 0 Å². The lowest BCUT2D eigenvalue weighted by molar-refractivity contribution is -0.0468. The van der Waals surface area contributed by atoms with Gasteiger partial charge in [0.15, 0.2) is 0 Å². The molecule has 0 saturated carbocycles. The Morgan fingerprint density at radius 2 is 2.12 bits per heavy atom. The van der Waals surface area contributed by atoms with E-state index in [1.165, 1.54) is 0 Å². The fourth-order valence-corrected chi connectivity index (χ4v) is 0.296. The summed E-state index contributed by atoms with van der Waals surface area (Å²) in [6.07, 6.45) is 0. The predicted octanol–water partition coefficient (Wildman–Crippen LogP) is 0.451. The smallest absolute Gasteiger partial charge is 0.272 e. The van der Waals surface area contributed by atoms with Crippen LogP contribution in [0, 0.1) is 0 Å². The molecule has 0 aromatic rings. The summed E-state index contributed by atoms with van der Waals surface area (Å²) in [7, 11) is 0.999. The van der Waals surface area contributed by atoms with E-state index in [9.17, 15) is 13.0 Å².